The van der Waals surface area contributed by atoms with E-state index >= 15 is 4.48 Å². The Balaban J connectivity index is 1.78. The molecule has 0 saturated heterocycles. The van der Waals surface area contributed by atoms with Gasteiger partial charge in [0.15, 0.2) is 0 Å². The van der Waals surface area contributed by atoms with Gasteiger partial charge in [0.25, 0.3) is 0 Å². The van der Waals surface area contributed by atoms with Crippen LogP contribution in [0.15, 0.2) is 54.6 Å². The number of fused-ring (bicyclic) bond motifs is 1. The quantitative estimate of drug-likeness (QED) is 0.680. The number of aliphatic hydroxyl groups is 1. The SMILES string of the molecule is NCC(O)CC(Cc1ccccc1)[C](=[V])N(F)C1CCc2ccccc21. The number of hydrogen-bond donors (Lipinski definition) is 2. The first-order valence-electron chi connectivity index (χ1n) is 9.10. The first-order valence-corrected chi connectivity index (χ1v) is 9.80. The first-order chi connectivity index (χ1) is 12.6. The van der Waals surface area contributed by atoms with Crippen LogP contribution in [0.1, 0.15) is 35.6 Å². The van der Waals surface area contributed by atoms with Crippen molar-refractivity contribution in [1.29, 1.82) is 0 Å². The number of rotatable bonds is 8. The zero-order valence-electron chi connectivity index (χ0n) is 14.8. The molecule has 3 N–H and O–H groups in total. The van der Waals surface area contributed by atoms with Crippen molar-refractivity contribution in [2.75, 3.05) is 6.54 Å². The van der Waals surface area contributed by atoms with Crippen molar-refractivity contribution >= 4 is 4.35 Å². The molecule has 1 aliphatic carbocycles. The van der Waals surface area contributed by atoms with Gasteiger partial charge in [-0.05, 0) is 0 Å². The Morgan fingerprint density at radius 1 is 1.19 bits per heavy atom. The summed E-state index contributed by atoms with van der Waals surface area (Å²) in [6, 6.07) is 17.8. The second kappa shape index (κ2) is 9.07. The zero-order valence-corrected chi connectivity index (χ0v) is 16.2. The molecule has 3 atom stereocenters. The Bertz CT molecular complexity index is 740. The summed E-state index contributed by atoms with van der Waals surface area (Å²) in [6.07, 6.45) is 2.17. The molecule has 0 spiro atoms. The fourth-order valence-corrected chi connectivity index (χ4v) is 4.23. The van der Waals surface area contributed by atoms with Crippen LogP contribution in [0.2, 0.25) is 0 Å². The van der Waals surface area contributed by atoms with Crippen molar-refractivity contribution in [2.24, 2.45) is 11.7 Å². The van der Waals surface area contributed by atoms with E-state index in [-0.39, 0.29) is 18.5 Å². The number of halogens is 1. The monoisotopic (exact) mass is 391 g/mol. The number of aliphatic hydroxyl groups excluding tert-OH is 1. The van der Waals surface area contributed by atoms with Crippen LogP contribution in [0.25, 0.3) is 0 Å². The van der Waals surface area contributed by atoms with Gasteiger partial charge in [-0.2, -0.15) is 0 Å². The van der Waals surface area contributed by atoms with E-state index in [0.717, 1.165) is 29.1 Å². The molecular weight excluding hydrogens is 366 g/mol. The van der Waals surface area contributed by atoms with E-state index in [4.69, 9.17) is 5.73 Å². The van der Waals surface area contributed by atoms with E-state index in [1.807, 2.05) is 48.5 Å². The third-order valence-electron chi connectivity index (χ3n) is 5.11. The van der Waals surface area contributed by atoms with Gasteiger partial charge >= 0.3 is 163 Å². The standard InChI is InChI=1S/C21H25FN2O.V/c22-24(21-11-10-18-8-4-5-9-20(18)21)15-17(13-19(25)14-23)12-16-6-2-1-3-7-16;/h1-9,17,19,21,25H,10-14,23H2;. The van der Waals surface area contributed by atoms with Gasteiger partial charge in [0.2, 0.25) is 0 Å². The molecule has 0 bridgehead atoms. The molecule has 0 heterocycles. The van der Waals surface area contributed by atoms with Crippen molar-refractivity contribution in [3.05, 3.63) is 71.3 Å². The summed E-state index contributed by atoms with van der Waals surface area (Å²) in [7, 11) is 0. The Hall–Kier alpha value is -1.30. The van der Waals surface area contributed by atoms with E-state index in [1.54, 1.807) is 0 Å². The van der Waals surface area contributed by atoms with Crippen molar-refractivity contribution in [3.63, 3.8) is 0 Å². The van der Waals surface area contributed by atoms with E-state index in [0.29, 0.717) is 17.2 Å². The number of hydrogen-bond acceptors (Lipinski definition) is 3. The Morgan fingerprint density at radius 2 is 1.88 bits per heavy atom. The van der Waals surface area contributed by atoms with Crippen LogP contribution < -0.4 is 5.73 Å². The zero-order chi connectivity index (χ0) is 18.5. The van der Waals surface area contributed by atoms with Crippen molar-refractivity contribution in [3.8, 4) is 0 Å². The molecule has 0 saturated carbocycles. The summed E-state index contributed by atoms with van der Waals surface area (Å²) in [5, 5.41) is 11.0. The summed E-state index contributed by atoms with van der Waals surface area (Å²) in [4.78, 5) is 0. The van der Waals surface area contributed by atoms with Gasteiger partial charge in [-0.25, -0.2) is 0 Å². The number of nitrogens with zero attached hydrogens (tertiary/aromatic N) is 1. The Labute approximate surface area is 163 Å². The van der Waals surface area contributed by atoms with Gasteiger partial charge in [-0.1, -0.05) is 0 Å². The summed E-state index contributed by atoms with van der Waals surface area (Å²) >= 11 is 2.40. The molecule has 137 valence electrons. The average Bonchev–Trinajstić information content (AvgIpc) is 3.11. The molecule has 0 aliphatic heterocycles. The molecule has 26 heavy (non-hydrogen) atoms. The van der Waals surface area contributed by atoms with Gasteiger partial charge in [0, 0.05) is 0 Å². The molecule has 1 aliphatic rings. The van der Waals surface area contributed by atoms with Crippen LogP contribution in [0.3, 0.4) is 0 Å². The average molecular weight is 391 g/mol. The molecular formula is C21H25FN2OV. The van der Waals surface area contributed by atoms with Gasteiger partial charge in [0.05, 0.1) is 0 Å². The van der Waals surface area contributed by atoms with Crippen molar-refractivity contribution in [2.45, 2.75) is 37.8 Å². The number of nitrogens with two attached hydrogens (primary N) is 1. The van der Waals surface area contributed by atoms with E-state index < -0.39 is 6.10 Å². The van der Waals surface area contributed by atoms with Crippen LogP contribution >= 0.6 is 0 Å². The van der Waals surface area contributed by atoms with Crippen LogP contribution in [-0.2, 0) is 29.8 Å². The van der Waals surface area contributed by atoms with Crippen molar-refractivity contribution < 1.29 is 26.6 Å². The number of benzene rings is 2. The van der Waals surface area contributed by atoms with E-state index in [1.165, 1.54) is 5.56 Å². The van der Waals surface area contributed by atoms with Gasteiger partial charge in [-0.3, -0.25) is 0 Å². The third kappa shape index (κ3) is 4.51. The third-order valence-corrected chi connectivity index (χ3v) is 5.98. The summed E-state index contributed by atoms with van der Waals surface area (Å²) in [6.45, 7) is 0.185. The molecule has 0 aromatic heterocycles. The molecule has 3 rings (SSSR count). The van der Waals surface area contributed by atoms with Crippen LogP contribution in [0.5, 0.6) is 0 Å². The maximum atomic E-state index is 15.4. The van der Waals surface area contributed by atoms with Crippen LogP contribution in [-0.4, -0.2) is 27.2 Å². The van der Waals surface area contributed by atoms with Gasteiger partial charge in [0.1, 0.15) is 0 Å². The molecule has 0 amide bonds. The van der Waals surface area contributed by atoms with Gasteiger partial charge < -0.3 is 0 Å². The molecule has 0 radical (unpaired) electrons. The second-order valence-electron chi connectivity index (χ2n) is 6.93. The maximum absolute atomic E-state index is 15.4. The normalized spacial score (nSPS) is 18.5. The van der Waals surface area contributed by atoms with Crippen LogP contribution in [0.4, 0.5) is 4.48 Å². The van der Waals surface area contributed by atoms with Crippen molar-refractivity contribution in [1.82, 2.24) is 5.12 Å². The van der Waals surface area contributed by atoms with E-state index in [9.17, 15) is 5.11 Å². The molecule has 5 heteroatoms. The molecule has 3 unspecified atom stereocenters. The predicted molar refractivity (Wildman–Crippen MR) is 98.8 cm³/mol. The summed E-state index contributed by atoms with van der Waals surface area (Å²) in [5.41, 5.74) is 9.02. The Morgan fingerprint density at radius 3 is 2.62 bits per heavy atom. The molecule has 3 nitrogen and oxygen atoms in total. The minimum absolute atomic E-state index is 0.117. The fraction of sp³-hybridized carbons (Fsp3) is 0.381. The number of aryl methyl sites for hydroxylation is 1. The predicted octanol–water partition coefficient (Wildman–Crippen LogP) is 3.11. The van der Waals surface area contributed by atoms with E-state index in [2.05, 4.69) is 23.0 Å². The fourth-order valence-electron chi connectivity index (χ4n) is 3.71. The molecule has 2 aromatic rings. The second-order valence-corrected chi connectivity index (χ2v) is 7.65. The van der Waals surface area contributed by atoms with Crippen LogP contribution in [0, 0.1) is 5.92 Å². The minimum atomic E-state index is -0.632. The molecule has 2 aromatic carbocycles. The first kappa shape index (κ1) is 19.5. The summed E-state index contributed by atoms with van der Waals surface area (Å²) in [5.74, 6) is -0.117. The Kier molecular flexibility index (Phi) is 6.79. The van der Waals surface area contributed by atoms with Gasteiger partial charge in [-0.15, -0.1) is 0 Å². The summed E-state index contributed by atoms with van der Waals surface area (Å²) < 4.78 is 16.0. The topological polar surface area (TPSA) is 49.5 Å². The molecule has 0 fully saturated rings.